The summed E-state index contributed by atoms with van der Waals surface area (Å²) in [5, 5.41) is 4.16. The lowest BCUT2D eigenvalue weighted by atomic mass is 9.87. The van der Waals surface area contributed by atoms with Crippen LogP contribution >= 0.6 is 11.6 Å². The molecule has 0 spiro atoms. The van der Waals surface area contributed by atoms with E-state index < -0.39 is 0 Å². The first kappa shape index (κ1) is 18.5. The van der Waals surface area contributed by atoms with Crippen LogP contribution in [0.3, 0.4) is 0 Å². The largest absolute Gasteiger partial charge is 0.349 e. The molecule has 3 nitrogen and oxygen atoms in total. The second kappa shape index (κ2) is 8.45. The van der Waals surface area contributed by atoms with Gasteiger partial charge in [0.2, 0.25) is 5.91 Å². The highest BCUT2D eigenvalue weighted by Gasteiger charge is 2.29. The number of hydrogen-bond acceptors (Lipinski definition) is 2. The zero-order chi connectivity index (χ0) is 18.6. The molecule has 1 fully saturated rings. The highest BCUT2D eigenvalue weighted by Crippen LogP contribution is 2.30. The molecule has 1 aliphatic carbocycles. The van der Waals surface area contributed by atoms with Crippen molar-refractivity contribution in [3.8, 4) is 0 Å². The van der Waals surface area contributed by atoms with E-state index in [-0.39, 0.29) is 17.9 Å². The van der Waals surface area contributed by atoms with Gasteiger partial charge in [-0.1, -0.05) is 54.1 Å². The van der Waals surface area contributed by atoms with E-state index in [1.54, 1.807) is 0 Å². The maximum atomic E-state index is 13.0. The normalized spacial score (nSPS) is 22.9. The molecular formula is C23H27ClN2O. The Bertz CT molecular complexity index is 806. The summed E-state index contributed by atoms with van der Waals surface area (Å²) in [5.41, 5.74) is 3.83. The number of carbonyl (C=O) groups is 1. The molecule has 1 heterocycles. The molecule has 2 aromatic carbocycles. The summed E-state index contributed by atoms with van der Waals surface area (Å²) in [7, 11) is 0. The van der Waals surface area contributed by atoms with Gasteiger partial charge in [0.1, 0.15) is 0 Å². The number of carbonyl (C=O) groups excluding carboxylic acids is 1. The lowest BCUT2D eigenvalue weighted by Gasteiger charge is -2.34. The highest BCUT2D eigenvalue weighted by atomic mass is 35.5. The number of benzene rings is 2. The SMILES string of the molecule is O=C(N[C@H]1CCCc2ccccc21)[C@H]1CCCN(Cc2ccccc2Cl)C1. The summed E-state index contributed by atoms with van der Waals surface area (Å²) in [4.78, 5) is 15.3. The van der Waals surface area contributed by atoms with Crippen molar-refractivity contribution in [2.75, 3.05) is 13.1 Å². The Morgan fingerprint density at radius 2 is 1.89 bits per heavy atom. The molecular weight excluding hydrogens is 356 g/mol. The smallest absolute Gasteiger partial charge is 0.224 e. The van der Waals surface area contributed by atoms with Gasteiger partial charge < -0.3 is 5.32 Å². The van der Waals surface area contributed by atoms with Crippen LogP contribution in [-0.4, -0.2) is 23.9 Å². The monoisotopic (exact) mass is 382 g/mol. The van der Waals surface area contributed by atoms with Gasteiger partial charge in [-0.3, -0.25) is 9.69 Å². The topological polar surface area (TPSA) is 32.3 Å². The first-order valence-electron chi connectivity index (χ1n) is 10.0. The third kappa shape index (κ3) is 4.36. The Kier molecular flexibility index (Phi) is 5.80. The molecule has 2 atom stereocenters. The van der Waals surface area contributed by atoms with Crippen molar-refractivity contribution in [2.45, 2.75) is 44.7 Å². The minimum Gasteiger partial charge on any atom is -0.349 e. The maximum Gasteiger partial charge on any atom is 0.224 e. The number of piperidine rings is 1. The fourth-order valence-corrected chi connectivity index (χ4v) is 4.67. The van der Waals surface area contributed by atoms with Crippen LogP contribution in [0.2, 0.25) is 5.02 Å². The average Bonchev–Trinajstić information content (AvgIpc) is 2.70. The van der Waals surface area contributed by atoms with Crippen molar-refractivity contribution in [1.82, 2.24) is 10.2 Å². The van der Waals surface area contributed by atoms with E-state index in [0.29, 0.717) is 0 Å². The number of nitrogens with zero attached hydrogens (tertiary/aromatic N) is 1. The molecule has 1 N–H and O–H groups in total. The summed E-state index contributed by atoms with van der Waals surface area (Å²) in [5.74, 6) is 0.274. The van der Waals surface area contributed by atoms with Crippen LogP contribution in [0.25, 0.3) is 0 Å². The van der Waals surface area contributed by atoms with Crippen molar-refractivity contribution >= 4 is 17.5 Å². The van der Waals surface area contributed by atoms with Crippen molar-refractivity contribution < 1.29 is 4.79 Å². The van der Waals surface area contributed by atoms with Crippen molar-refractivity contribution in [1.29, 1.82) is 0 Å². The number of likely N-dealkylation sites (tertiary alicyclic amines) is 1. The number of nitrogens with one attached hydrogen (secondary N) is 1. The molecule has 0 saturated carbocycles. The molecule has 27 heavy (non-hydrogen) atoms. The van der Waals surface area contributed by atoms with Crippen LogP contribution in [0.1, 0.15) is 48.4 Å². The van der Waals surface area contributed by atoms with Crippen LogP contribution in [0.4, 0.5) is 0 Å². The third-order valence-corrected chi connectivity index (χ3v) is 6.28. The van der Waals surface area contributed by atoms with E-state index in [1.165, 1.54) is 11.1 Å². The molecule has 2 aliphatic rings. The Balaban J connectivity index is 1.39. The van der Waals surface area contributed by atoms with E-state index in [1.807, 2.05) is 18.2 Å². The van der Waals surface area contributed by atoms with E-state index in [4.69, 9.17) is 11.6 Å². The van der Waals surface area contributed by atoms with Gasteiger partial charge in [0.15, 0.2) is 0 Å². The van der Waals surface area contributed by atoms with Crippen molar-refractivity contribution in [3.63, 3.8) is 0 Å². The van der Waals surface area contributed by atoms with Crippen LogP contribution in [0.15, 0.2) is 48.5 Å². The van der Waals surface area contributed by atoms with Gasteiger partial charge in [0.05, 0.1) is 12.0 Å². The van der Waals surface area contributed by atoms with Gasteiger partial charge in [-0.25, -0.2) is 0 Å². The minimum absolute atomic E-state index is 0.0651. The minimum atomic E-state index is 0.0651. The quantitative estimate of drug-likeness (QED) is 0.827. The standard InChI is InChI=1S/C23H27ClN2O/c24-21-12-4-2-8-18(21)15-26-14-6-10-19(16-26)23(27)25-22-13-5-9-17-7-1-3-11-20(17)22/h1-4,7-8,11-12,19,22H,5-6,9-10,13-16H2,(H,25,27)/t19-,22-/m0/s1. The number of hydrogen-bond donors (Lipinski definition) is 1. The highest BCUT2D eigenvalue weighted by molar-refractivity contribution is 6.31. The number of rotatable bonds is 4. The maximum absolute atomic E-state index is 13.0. The molecule has 1 saturated heterocycles. The lowest BCUT2D eigenvalue weighted by molar-refractivity contribution is -0.127. The fraction of sp³-hybridized carbons (Fsp3) is 0.435. The first-order chi connectivity index (χ1) is 13.2. The third-order valence-electron chi connectivity index (χ3n) is 5.91. The summed E-state index contributed by atoms with van der Waals surface area (Å²) < 4.78 is 0. The molecule has 0 aromatic heterocycles. The van der Waals surface area contributed by atoms with Gasteiger partial charge in [0.25, 0.3) is 0 Å². The Morgan fingerprint density at radius 3 is 2.78 bits per heavy atom. The fourth-order valence-electron chi connectivity index (χ4n) is 4.47. The summed E-state index contributed by atoms with van der Waals surface area (Å²) >= 11 is 6.31. The van der Waals surface area contributed by atoms with Gasteiger partial charge >= 0.3 is 0 Å². The van der Waals surface area contributed by atoms with Crippen LogP contribution in [0.5, 0.6) is 0 Å². The summed E-state index contributed by atoms with van der Waals surface area (Å²) in [6.45, 7) is 2.66. The van der Waals surface area contributed by atoms with Gasteiger partial charge in [0, 0.05) is 18.1 Å². The first-order valence-corrected chi connectivity index (χ1v) is 10.4. The average molecular weight is 383 g/mol. The molecule has 4 rings (SSSR count). The molecule has 1 amide bonds. The molecule has 142 valence electrons. The number of fused-ring (bicyclic) bond motifs is 1. The molecule has 0 bridgehead atoms. The predicted octanol–water partition coefficient (Wildman–Crippen LogP) is 4.75. The van der Waals surface area contributed by atoms with E-state index in [0.717, 1.165) is 62.3 Å². The predicted molar refractivity (Wildman–Crippen MR) is 110 cm³/mol. The zero-order valence-electron chi connectivity index (χ0n) is 15.7. The Labute approximate surface area is 166 Å². The number of halogens is 1. The lowest BCUT2D eigenvalue weighted by Crippen LogP contribution is -2.44. The molecule has 1 aliphatic heterocycles. The molecule has 4 heteroatoms. The molecule has 0 radical (unpaired) electrons. The van der Waals surface area contributed by atoms with Gasteiger partial charge in [-0.2, -0.15) is 0 Å². The summed E-state index contributed by atoms with van der Waals surface area (Å²) in [6.07, 6.45) is 5.34. The van der Waals surface area contributed by atoms with E-state index in [2.05, 4.69) is 40.5 Å². The van der Waals surface area contributed by atoms with E-state index >= 15 is 0 Å². The zero-order valence-corrected chi connectivity index (χ0v) is 16.4. The Morgan fingerprint density at radius 1 is 1.07 bits per heavy atom. The van der Waals surface area contributed by atoms with Crippen LogP contribution in [-0.2, 0) is 17.8 Å². The second-order valence-electron chi connectivity index (χ2n) is 7.82. The van der Waals surface area contributed by atoms with Crippen LogP contribution < -0.4 is 5.32 Å². The van der Waals surface area contributed by atoms with Crippen molar-refractivity contribution in [3.05, 3.63) is 70.2 Å². The number of aryl methyl sites for hydroxylation is 1. The van der Waals surface area contributed by atoms with E-state index in [9.17, 15) is 4.79 Å². The Hall–Kier alpha value is -1.84. The second-order valence-corrected chi connectivity index (χ2v) is 8.23. The van der Waals surface area contributed by atoms with Gasteiger partial charge in [-0.05, 0) is 61.4 Å². The molecule has 0 unspecified atom stereocenters. The van der Waals surface area contributed by atoms with Crippen molar-refractivity contribution in [2.24, 2.45) is 5.92 Å². The number of amides is 1. The van der Waals surface area contributed by atoms with Crippen LogP contribution in [0, 0.1) is 5.92 Å². The summed E-state index contributed by atoms with van der Waals surface area (Å²) in [6, 6.07) is 16.7. The van der Waals surface area contributed by atoms with Gasteiger partial charge in [-0.15, -0.1) is 0 Å². The molecule has 2 aromatic rings.